The SMILES string of the molecule is COc1ccc(C(N)=S)c(NCCc2cccc(C)c2)c1. The lowest BCUT2D eigenvalue weighted by molar-refractivity contribution is 0.415. The number of benzene rings is 2. The highest BCUT2D eigenvalue weighted by Crippen LogP contribution is 2.22. The highest BCUT2D eigenvalue weighted by Gasteiger charge is 2.06. The molecule has 0 heterocycles. The molecule has 0 aliphatic carbocycles. The molecule has 0 saturated carbocycles. The van der Waals surface area contributed by atoms with Crippen LogP contribution in [0.1, 0.15) is 16.7 Å². The van der Waals surface area contributed by atoms with Crippen LogP contribution in [-0.4, -0.2) is 18.6 Å². The number of anilines is 1. The normalized spacial score (nSPS) is 10.2. The van der Waals surface area contributed by atoms with E-state index in [0.29, 0.717) is 4.99 Å². The maximum atomic E-state index is 5.76. The second-order valence-electron chi connectivity index (χ2n) is 4.94. The number of methoxy groups -OCH3 is 1. The van der Waals surface area contributed by atoms with Crippen molar-refractivity contribution in [3.63, 3.8) is 0 Å². The average Bonchev–Trinajstić information content (AvgIpc) is 2.47. The first kappa shape index (κ1) is 15.3. The van der Waals surface area contributed by atoms with Gasteiger partial charge in [0.1, 0.15) is 10.7 Å². The number of rotatable bonds is 6. The molecule has 0 amide bonds. The van der Waals surface area contributed by atoms with E-state index in [1.54, 1.807) is 7.11 Å². The Balaban J connectivity index is 2.06. The highest BCUT2D eigenvalue weighted by atomic mass is 32.1. The van der Waals surface area contributed by atoms with E-state index in [4.69, 9.17) is 22.7 Å². The maximum absolute atomic E-state index is 5.76. The van der Waals surface area contributed by atoms with Crippen LogP contribution in [-0.2, 0) is 6.42 Å². The van der Waals surface area contributed by atoms with E-state index >= 15 is 0 Å². The zero-order chi connectivity index (χ0) is 15.2. The first-order chi connectivity index (χ1) is 10.1. The second-order valence-corrected chi connectivity index (χ2v) is 5.38. The van der Waals surface area contributed by atoms with Crippen molar-refractivity contribution in [2.24, 2.45) is 5.73 Å². The van der Waals surface area contributed by atoms with E-state index in [-0.39, 0.29) is 0 Å². The van der Waals surface area contributed by atoms with Gasteiger partial charge in [-0.2, -0.15) is 0 Å². The van der Waals surface area contributed by atoms with Gasteiger partial charge in [0.25, 0.3) is 0 Å². The fraction of sp³-hybridized carbons (Fsp3) is 0.235. The molecule has 0 unspecified atom stereocenters. The Hall–Kier alpha value is -2.07. The van der Waals surface area contributed by atoms with Crippen molar-refractivity contribution in [2.75, 3.05) is 19.0 Å². The first-order valence-corrected chi connectivity index (χ1v) is 7.28. The van der Waals surface area contributed by atoms with Crippen LogP contribution >= 0.6 is 12.2 Å². The minimum atomic E-state index is 0.385. The minimum Gasteiger partial charge on any atom is -0.497 e. The summed E-state index contributed by atoms with van der Waals surface area (Å²) in [6, 6.07) is 14.2. The van der Waals surface area contributed by atoms with Gasteiger partial charge in [-0.1, -0.05) is 42.0 Å². The quantitative estimate of drug-likeness (QED) is 0.804. The molecular weight excluding hydrogens is 280 g/mol. The zero-order valence-electron chi connectivity index (χ0n) is 12.3. The minimum absolute atomic E-state index is 0.385. The molecule has 0 spiro atoms. The zero-order valence-corrected chi connectivity index (χ0v) is 13.2. The van der Waals surface area contributed by atoms with E-state index in [9.17, 15) is 0 Å². The monoisotopic (exact) mass is 300 g/mol. The van der Waals surface area contributed by atoms with Gasteiger partial charge >= 0.3 is 0 Å². The van der Waals surface area contributed by atoms with Gasteiger partial charge in [-0.15, -0.1) is 0 Å². The van der Waals surface area contributed by atoms with E-state index < -0.39 is 0 Å². The Morgan fingerprint density at radius 2 is 2.05 bits per heavy atom. The van der Waals surface area contributed by atoms with E-state index in [0.717, 1.165) is 30.0 Å². The Kier molecular flexibility index (Phi) is 5.17. The summed E-state index contributed by atoms with van der Waals surface area (Å²) in [5.41, 5.74) is 10.1. The van der Waals surface area contributed by atoms with Crippen molar-refractivity contribution in [3.05, 3.63) is 59.2 Å². The molecule has 0 atom stereocenters. The van der Waals surface area contributed by atoms with Gasteiger partial charge < -0.3 is 15.8 Å². The number of nitrogens with one attached hydrogen (secondary N) is 1. The fourth-order valence-corrected chi connectivity index (χ4v) is 2.40. The van der Waals surface area contributed by atoms with Crippen LogP contribution in [0.25, 0.3) is 0 Å². The number of hydrogen-bond donors (Lipinski definition) is 2. The van der Waals surface area contributed by atoms with Crippen molar-refractivity contribution in [1.82, 2.24) is 0 Å². The topological polar surface area (TPSA) is 47.3 Å². The van der Waals surface area contributed by atoms with Crippen LogP contribution in [0.5, 0.6) is 5.75 Å². The summed E-state index contributed by atoms with van der Waals surface area (Å²) in [7, 11) is 1.65. The van der Waals surface area contributed by atoms with Crippen molar-refractivity contribution in [3.8, 4) is 5.75 Å². The molecule has 0 radical (unpaired) electrons. The Morgan fingerprint density at radius 3 is 2.71 bits per heavy atom. The number of hydrogen-bond acceptors (Lipinski definition) is 3. The maximum Gasteiger partial charge on any atom is 0.120 e. The Morgan fingerprint density at radius 1 is 1.24 bits per heavy atom. The van der Waals surface area contributed by atoms with Gasteiger partial charge in [0.15, 0.2) is 0 Å². The van der Waals surface area contributed by atoms with E-state index in [1.807, 2.05) is 18.2 Å². The molecule has 0 saturated heterocycles. The summed E-state index contributed by atoms with van der Waals surface area (Å²) in [6.45, 7) is 2.91. The van der Waals surface area contributed by atoms with Gasteiger partial charge in [0.2, 0.25) is 0 Å². The molecule has 0 aliphatic rings. The Bertz CT molecular complexity index is 640. The fourth-order valence-electron chi connectivity index (χ4n) is 2.22. The molecule has 21 heavy (non-hydrogen) atoms. The predicted octanol–water partition coefficient (Wildman–Crippen LogP) is 3.29. The van der Waals surface area contributed by atoms with Crippen molar-refractivity contribution < 1.29 is 4.74 Å². The third-order valence-electron chi connectivity index (χ3n) is 3.30. The average molecular weight is 300 g/mol. The van der Waals surface area contributed by atoms with E-state index in [2.05, 4.69) is 36.5 Å². The summed E-state index contributed by atoms with van der Waals surface area (Å²) in [5.74, 6) is 0.785. The first-order valence-electron chi connectivity index (χ1n) is 6.87. The molecule has 3 nitrogen and oxygen atoms in total. The molecule has 4 heteroatoms. The van der Waals surface area contributed by atoms with Crippen LogP contribution in [0.2, 0.25) is 0 Å². The third-order valence-corrected chi connectivity index (χ3v) is 3.52. The summed E-state index contributed by atoms with van der Waals surface area (Å²) in [4.78, 5) is 0.385. The smallest absolute Gasteiger partial charge is 0.120 e. The molecular formula is C17H20N2OS. The van der Waals surface area contributed by atoms with Gasteiger partial charge in [-0.3, -0.25) is 0 Å². The van der Waals surface area contributed by atoms with Gasteiger partial charge in [0.05, 0.1) is 7.11 Å². The molecule has 0 bridgehead atoms. The summed E-state index contributed by atoms with van der Waals surface area (Å²) < 4.78 is 5.25. The third kappa shape index (κ3) is 4.20. The Labute approximate surface area is 131 Å². The summed E-state index contributed by atoms with van der Waals surface area (Å²) in [6.07, 6.45) is 0.940. The molecule has 0 aliphatic heterocycles. The van der Waals surface area contributed by atoms with Crippen LogP contribution in [0.4, 0.5) is 5.69 Å². The molecule has 2 rings (SSSR count). The largest absolute Gasteiger partial charge is 0.497 e. The van der Waals surface area contributed by atoms with Crippen molar-refractivity contribution >= 4 is 22.9 Å². The van der Waals surface area contributed by atoms with Gasteiger partial charge in [-0.25, -0.2) is 0 Å². The second kappa shape index (κ2) is 7.09. The van der Waals surface area contributed by atoms with E-state index in [1.165, 1.54) is 11.1 Å². The summed E-state index contributed by atoms with van der Waals surface area (Å²) >= 11 is 5.09. The highest BCUT2D eigenvalue weighted by molar-refractivity contribution is 7.80. The number of nitrogens with two attached hydrogens (primary N) is 1. The molecule has 0 aromatic heterocycles. The summed E-state index contributed by atoms with van der Waals surface area (Å²) in [5, 5.41) is 3.39. The molecule has 3 N–H and O–H groups in total. The molecule has 110 valence electrons. The predicted molar refractivity (Wildman–Crippen MR) is 92.3 cm³/mol. The number of ether oxygens (including phenoxy) is 1. The van der Waals surface area contributed by atoms with Gasteiger partial charge in [-0.05, 0) is 31.0 Å². The van der Waals surface area contributed by atoms with Gasteiger partial charge in [0, 0.05) is 23.9 Å². The van der Waals surface area contributed by atoms with Crippen LogP contribution in [0.3, 0.4) is 0 Å². The van der Waals surface area contributed by atoms with Crippen molar-refractivity contribution in [1.29, 1.82) is 0 Å². The van der Waals surface area contributed by atoms with Crippen molar-refractivity contribution in [2.45, 2.75) is 13.3 Å². The van der Waals surface area contributed by atoms with Crippen LogP contribution < -0.4 is 15.8 Å². The lowest BCUT2D eigenvalue weighted by Gasteiger charge is -2.13. The molecule has 2 aromatic rings. The lowest BCUT2D eigenvalue weighted by atomic mass is 10.1. The molecule has 0 fully saturated rings. The lowest BCUT2D eigenvalue weighted by Crippen LogP contribution is -2.14. The molecule has 2 aromatic carbocycles. The standard InChI is InChI=1S/C17H20N2OS/c1-12-4-3-5-13(10-12)8-9-19-16-11-14(20-2)6-7-15(16)17(18)21/h3-7,10-11,19H,8-9H2,1-2H3,(H2,18,21). The number of thiocarbonyl (C=S) groups is 1. The number of aryl methyl sites for hydroxylation is 1. The van der Waals surface area contributed by atoms with Crippen LogP contribution in [0.15, 0.2) is 42.5 Å². The van der Waals surface area contributed by atoms with Crippen LogP contribution in [0, 0.1) is 6.92 Å².